The molecular formula is C16H19NO2S. The maximum absolute atomic E-state index is 12.3. The minimum atomic E-state index is 0.0237. The number of carbonyl (C=O) groups is 1. The van der Waals surface area contributed by atoms with E-state index in [4.69, 9.17) is 0 Å². The largest absolute Gasteiger partial charge is 0.508 e. The van der Waals surface area contributed by atoms with E-state index in [0.29, 0.717) is 5.56 Å². The highest BCUT2D eigenvalue weighted by Gasteiger charge is 2.17. The molecule has 0 saturated carbocycles. The molecule has 0 aliphatic heterocycles. The van der Waals surface area contributed by atoms with Crippen molar-refractivity contribution in [1.29, 1.82) is 0 Å². The lowest BCUT2D eigenvalue weighted by atomic mass is 10.1. The summed E-state index contributed by atoms with van der Waals surface area (Å²) >= 11 is 1.71. The summed E-state index contributed by atoms with van der Waals surface area (Å²) < 4.78 is 0. The van der Waals surface area contributed by atoms with Crippen LogP contribution < -0.4 is 0 Å². The molecule has 0 unspecified atom stereocenters. The van der Waals surface area contributed by atoms with Gasteiger partial charge in [-0.25, -0.2) is 0 Å². The Hall–Kier alpha value is -1.81. The molecule has 0 aliphatic rings. The topological polar surface area (TPSA) is 40.5 Å². The number of hydrogen-bond donors (Lipinski definition) is 1. The zero-order chi connectivity index (χ0) is 14.5. The average molecular weight is 289 g/mol. The average Bonchev–Trinajstić information content (AvgIpc) is 2.93. The molecule has 0 aliphatic carbocycles. The highest BCUT2D eigenvalue weighted by atomic mass is 32.1. The van der Waals surface area contributed by atoms with Gasteiger partial charge >= 0.3 is 0 Å². The number of amides is 1. The molecule has 3 nitrogen and oxygen atoms in total. The Morgan fingerprint density at radius 1 is 1.30 bits per heavy atom. The summed E-state index contributed by atoms with van der Waals surface area (Å²) in [6.45, 7) is 2.04. The number of nitrogens with zero attached hydrogens (tertiary/aromatic N) is 1. The van der Waals surface area contributed by atoms with Crippen molar-refractivity contribution < 1.29 is 9.90 Å². The lowest BCUT2D eigenvalue weighted by Crippen LogP contribution is -2.37. The summed E-state index contributed by atoms with van der Waals surface area (Å²) in [6.07, 6.45) is 1.10. The zero-order valence-electron chi connectivity index (χ0n) is 11.7. The summed E-state index contributed by atoms with van der Waals surface area (Å²) in [5, 5.41) is 11.8. The first-order chi connectivity index (χ1) is 9.58. The van der Waals surface area contributed by atoms with Crippen molar-refractivity contribution in [2.45, 2.75) is 25.8 Å². The lowest BCUT2D eigenvalue weighted by molar-refractivity contribution is -0.130. The molecule has 0 saturated heterocycles. The van der Waals surface area contributed by atoms with Crippen LogP contribution in [0.5, 0.6) is 5.75 Å². The maximum atomic E-state index is 12.3. The molecule has 1 aromatic carbocycles. The second-order valence-corrected chi connectivity index (χ2v) is 5.97. The lowest BCUT2D eigenvalue weighted by Gasteiger charge is -2.25. The standard InChI is InChI=1S/C16H19NO2S/c1-12(10-14-7-5-9-20-14)17(2)16(19)11-13-6-3-4-8-15(13)18/h3-9,12,18H,10-11H2,1-2H3/t12-/m0/s1. The van der Waals surface area contributed by atoms with Gasteiger partial charge in [0.05, 0.1) is 6.42 Å². The van der Waals surface area contributed by atoms with Gasteiger partial charge < -0.3 is 10.0 Å². The molecule has 1 atom stereocenters. The van der Waals surface area contributed by atoms with E-state index in [1.54, 1.807) is 34.4 Å². The number of benzene rings is 1. The third-order valence-corrected chi connectivity index (χ3v) is 4.36. The van der Waals surface area contributed by atoms with E-state index < -0.39 is 0 Å². The number of rotatable bonds is 5. The van der Waals surface area contributed by atoms with Crippen LogP contribution in [0.4, 0.5) is 0 Å². The number of aromatic hydroxyl groups is 1. The number of thiophene rings is 1. The monoisotopic (exact) mass is 289 g/mol. The van der Waals surface area contributed by atoms with E-state index in [1.165, 1.54) is 4.88 Å². The van der Waals surface area contributed by atoms with Gasteiger partial charge in [-0.05, 0) is 24.4 Å². The number of para-hydroxylation sites is 1. The molecule has 2 aromatic rings. The second kappa shape index (κ2) is 6.57. The quantitative estimate of drug-likeness (QED) is 0.919. The highest BCUT2D eigenvalue weighted by Crippen LogP contribution is 2.18. The van der Waals surface area contributed by atoms with E-state index in [0.717, 1.165) is 6.42 Å². The fourth-order valence-electron chi connectivity index (χ4n) is 2.05. The summed E-state index contributed by atoms with van der Waals surface area (Å²) in [5.74, 6) is 0.204. The molecule has 1 amide bonds. The molecule has 0 spiro atoms. The molecule has 1 aromatic heterocycles. The summed E-state index contributed by atoms with van der Waals surface area (Å²) in [6, 6.07) is 11.2. The molecule has 2 rings (SSSR count). The Labute approximate surface area is 123 Å². The summed E-state index contributed by atoms with van der Waals surface area (Å²) in [5.41, 5.74) is 0.674. The molecule has 1 heterocycles. The highest BCUT2D eigenvalue weighted by molar-refractivity contribution is 7.09. The Balaban J connectivity index is 1.96. The SMILES string of the molecule is C[C@@H](Cc1cccs1)N(C)C(=O)Cc1ccccc1O. The number of hydrogen-bond acceptors (Lipinski definition) is 3. The van der Waals surface area contributed by atoms with Crippen molar-refractivity contribution in [2.24, 2.45) is 0 Å². The van der Waals surface area contributed by atoms with E-state index in [-0.39, 0.29) is 24.1 Å². The molecule has 1 N–H and O–H groups in total. The van der Waals surface area contributed by atoms with E-state index in [1.807, 2.05) is 31.5 Å². The Kier molecular flexibility index (Phi) is 4.79. The van der Waals surface area contributed by atoms with Crippen LogP contribution in [0.2, 0.25) is 0 Å². The third kappa shape index (κ3) is 3.61. The van der Waals surface area contributed by atoms with Gasteiger partial charge in [-0.1, -0.05) is 24.3 Å². The van der Waals surface area contributed by atoms with Crippen LogP contribution in [-0.4, -0.2) is 29.0 Å². The van der Waals surface area contributed by atoms with Gasteiger partial charge in [0.2, 0.25) is 5.91 Å². The van der Waals surface area contributed by atoms with Gasteiger partial charge in [0, 0.05) is 30.0 Å². The molecule has 4 heteroatoms. The van der Waals surface area contributed by atoms with Crippen LogP contribution in [-0.2, 0) is 17.6 Å². The van der Waals surface area contributed by atoms with Gasteiger partial charge in [0.15, 0.2) is 0 Å². The predicted octanol–water partition coefficient (Wildman–Crippen LogP) is 3.09. The maximum Gasteiger partial charge on any atom is 0.227 e. The number of carbonyl (C=O) groups excluding carboxylic acids is 1. The molecule has 106 valence electrons. The molecule has 20 heavy (non-hydrogen) atoms. The van der Waals surface area contributed by atoms with Crippen LogP contribution in [0, 0.1) is 0 Å². The Bertz CT molecular complexity index is 566. The fourth-order valence-corrected chi connectivity index (χ4v) is 2.88. The molecule has 0 fully saturated rings. The second-order valence-electron chi connectivity index (χ2n) is 4.94. The van der Waals surface area contributed by atoms with Gasteiger partial charge in [0.1, 0.15) is 5.75 Å². The van der Waals surface area contributed by atoms with Crippen molar-refractivity contribution in [2.75, 3.05) is 7.05 Å². The van der Waals surface area contributed by atoms with Crippen molar-refractivity contribution in [3.8, 4) is 5.75 Å². The first kappa shape index (κ1) is 14.6. The van der Waals surface area contributed by atoms with E-state index >= 15 is 0 Å². The van der Waals surface area contributed by atoms with Crippen molar-refractivity contribution in [3.05, 3.63) is 52.2 Å². The molecular weight excluding hydrogens is 270 g/mol. The predicted molar refractivity (Wildman–Crippen MR) is 82.1 cm³/mol. The number of likely N-dealkylation sites (N-methyl/N-ethyl adjacent to an activating group) is 1. The fraction of sp³-hybridized carbons (Fsp3) is 0.312. The minimum absolute atomic E-state index is 0.0237. The molecule has 0 bridgehead atoms. The van der Waals surface area contributed by atoms with Crippen LogP contribution in [0.1, 0.15) is 17.4 Å². The van der Waals surface area contributed by atoms with Crippen LogP contribution in [0.25, 0.3) is 0 Å². The third-order valence-electron chi connectivity index (χ3n) is 3.46. The van der Waals surface area contributed by atoms with Gasteiger partial charge in [0.25, 0.3) is 0 Å². The van der Waals surface area contributed by atoms with Gasteiger partial charge in [-0.15, -0.1) is 11.3 Å². The normalized spacial score (nSPS) is 12.1. The van der Waals surface area contributed by atoms with Crippen LogP contribution >= 0.6 is 11.3 Å². The van der Waals surface area contributed by atoms with Crippen LogP contribution in [0.15, 0.2) is 41.8 Å². The van der Waals surface area contributed by atoms with E-state index in [2.05, 4.69) is 6.07 Å². The number of phenols is 1. The van der Waals surface area contributed by atoms with Gasteiger partial charge in [-0.2, -0.15) is 0 Å². The van der Waals surface area contributed by atoms with Crippen LogP contribution in [0.3, 0.4) is 0 Å². The van der Waals surface area contributed by atoms with Crippen molar-refractivity contribution in [1.82, 2.24) is 4.90 Å². The Morgan fingerprint density at radius 3 is 2.70 bits per heavy atom. The van der Waals surface area contributed by atoms with Crippen molar-refractivity contribution in [3.63, 3.8) is 0 Å². The first-order valence-corrected chi connectivity index (χ1v) is 7.51. The van der Waals surface area contributed by atoms with Gasteiger partial charge in [-0.3, -0.25) is 4.79 Å². The molecule has 0 radical (unpaired) electrons. The summed E-state index contributed by atoms with van der Waals surface area (Å²) in [7, 11) is 1.82. The summed E-state index contributed by atoms with van der Waals surface area (Å²) in [4.78, 5) is 15.3. The van der Waals surface area contributed by atoms with Crippen molar-refractivity contribution >= 4 is 17.2 Å². The smallest absolute Gasteiger partial charge is 0.227 e. The Morgan fingerprint density at radius 2 is 2.05 bits per heavy atom. The number of phenolic OH excluding ortho intramolecular Hbond substituents is 1. The van der Waals surface area contributed by atoms with E-state index in [9.17, 15) is 9.90 Å². The first-order valence-electron chi connectivity index (χ1n) is 6.63. The zero-order valence-corrected chi connectivity index (χ0v) is 12.6. The minimum Gasteiger partial charge on any atom is -0.508 e.